The molecular weight excluding hydrogens is 601 g/mol. The number of hydrogen-bond donors (Lipinski definition) is 0. The SMILES string of the molecule is COCOc1cc(OCC[Si](C)(C)C)cc(/C=C/C[C@@H]2OC(C)(C)O[C@@H]2C(C)/C=C\[C@@H](C)C(C)C)c1C(=O)OCC[Si](C)(C)C. The molecule has 1 fully saturated rings. The molecule has 1 unspecified atom stereocenters. The van der Waals surface area contributed by atoms with Crippen LogP contribution in [-0.4, -0.2) is 67.2 Å². The highest BCUT2D eigenvalue weighted by Gasteiger charge is 2.42. The van der Waals surface area contributed by atoms with Gasteiger partial charge in [-0.2, -0.15) is 0 Å². The molecule has 1 aliphatic rings. The number of allylic oxidation sites excluding steroid dienone is 1. The number of benzene rings is 1. The quantitative estimate of drug-likeness (QED) is 0.0671. The van der Waals surface area contributed by atoms with Gasteiger partial charge >= 0.3 is 5.97 Å². The van der Waals surface area contributed by atoms with Crippen LogP contribution in [-0.2, 0) is 18.9 Å². The molecule has 1 aromatic carbocycles. The predicted molar refractivity (Wildman–Crippen MR) is 191 cm³/mol. The van der Waals surface area contributed by atoms with E-state index < -0.39 is 27.9 Å². The lowest BCUT2D eigenvalue weighted by Crippen LogP contribution is -2.28. The monoisotopic (exact) mass is 662 g/mol. The van der Waals surface area contributed by atoms with Gasteiger partial charge in [0.25, 0.3) is 0 Å². The average molecular weight is 663 g/mol. The fourth-order valence-corrected chi connectivity index (χ4v) is 6.21. The minimum atomic E-state index is -1.38. The molecular formula is C36H62O7Si2. The Balaban J connectivity index is 2.41. The van der Waals surface area contributed by atoms with E-state index >= 15 is 0 Å². The Bertz CT molecular complexity index is 1130. The van der Waals surface area contributed by atoms with E-state index in [1.165, 1.54) is 0 Å². The van der Waals surface area contributed by atoms with E-state index in [-0.39, 0.29) is 24.9 Å². The van der Waals surface area contributed by atoms with Gasteiger partial charge in [-0.15, -0.1) is 0 Å². The first-order valence-corrected chi connectivity index (χ1v) is 24.0. The molecule has 1 saturated heterocycles. The summed E-state index contributed by atoms with van der Waals surface area (Å²) in [5, 5.41) is 0. The van der Waals surface area contributed by atoms with Crippen molar-refractivity contribution in [2.24, 2.45) is 17.8 Å². The van der Waals surface area contributed by atoms with Crippen LogP contribution in [0.25, 0.3) is 6.08 Å². The van der Waals surface area contributed by atoms with Crippen LogP contribution in [0.5, 0.6) is 11.5 Å². The molecule has 1 aliphatic heterocycles. The van der Waals surface area contributed by atoms with Crippen LogP contribution in [0.3, 0.4) is 0 Å². The third-order valence-corrected chi connectivity index (χ3v) is 11.4. The van der Waals surface area contributed by atoms with Crippen LogP contribution in [0.15, 0.2) is 30.4 Å². The van der Waals surface area contributed by atoms with Crippen LogP contribution < -0.4 is 9.47 Å². The summed E-state index contributed by atoms with van der Waals surface area (Å²) in [4.78, 5) is 13.6. The lowest BCUT2D eigenvalue weighted by atomic mass is 9.92. The average Bonchev–Trinajstić information content (AvgIpc) is 3.22. The molecule has 4 atom stereocenters. The number of ether oxygens (including phenoxy) is 6. The topological polar surface area (TPSA) is 72.5 Å². The van der Waals surface area contributed by atoms with Gasteiger partial charge in [-0.05, 0) is 55.8 Å². The first-order chi connectivity index (χ1) is 20.8. The highest BCUT2D eigenvalue weighted by atomic mass is 28.3. The fraction of sp³-hybridized carbons (Fsp3) is 0.694. The summed E-state index contributed by atoms with van der Waals surface area (Å²) in [7, 11) is -1.12. The van der Waals surface area contributed by atoms with Gasteiger partial charge in [-0.1, -0.05) is 91.3 Å². The second-order valence-electron chi connectivity index (χ2n) is 15.7. The largest absolute Gasteiger partial charge is 0.494 e. The number of hydrogen-bond acceptors (Lipinski definition) is 7. The van der Waals surface area contributed by atoms with Crippen molar-refractivity contribution in [3.8, 4) is 11.5 Å². The fourth-order valence-electron chi connectivity index (χ4n) is 4.78. The molecule has 45 heavy (non-hydrogen) atoms. The second kappa shape index (κ2) is 17.3. The summed E-state index contributed by atoms with van der Waals surface area (Å²) < 4.78 is 35.9. The Morgan fingerprint density at radius 1 is 0.933 bits per heavy atom. The van der Waals surface area contributed by atoms with Crippen molar-refractivity contribution in [3.63, 3.8) is 0 Å². The highest BCUT2D eigenvalue weighted by molar-refractivity contribution is 6.76. The summed E-state index contributed by atoms with van der Waals surface area (Å²) >= 11 is 0. The third-order valence-electron chi connectivity index (χ3n) is 8.02. The molecule has 0 spiro atoms. The summed E-state index contributed by atoms with van der Waals surface area (Å²) in [6, 6.07) is 5.58. The van der Waals surface area contributed by atoms with E-state index in [4.69, 9.17) is 28.4 Å². The molecule has 0 amide bonds. The van der Waals surface area contributed by atoms with E-state index in [0.29, 0.717) is 54.1 Å². The maximum Gasteiger partial charge on any atom is 0.342 e. The molecule has 256 valence electrons. The molecule has 0 aliphatic carbocycles. The zero-order valence-electron chi connectivity index (χ0n) is 30.5. The van der Waals surface area contributed by atoms with E-state index in [9.17, 15) is 4.79 Å². The Hall–Kier alpha value is -1.92. The standard InChI is InChI=1S/C36H62O7Si2/c1-26(2)27(3)17-18-28(4)34-31(42-36(5,6)43-34)16-14-15-29-23-30(39-19-21-44(8,9)10)24-32(41-25-38-7)33(29)35(37)40-20-22-45(11,12)13/h14-15,17-18,23-24,26-28,31,34H,16,19-22,25H2,1-13H3/b15-14+,18-17-/t27-,28?,31+,34-/m1/s1. The number of carbonyl (C=O) groups is 1. The lowest BCUT2D eigenvalue weighted by Gasteiger charge is -2.21. The van der Waals surface area contributed by atoms with Crippen molar-refractivity contribution < 1.29 is 33.2 Å². The molecule has 1 aromatic rings. The van der Waals surface area contributed by atoms with Gasteiger partial charge in [-0.25, -0.2) is 4.79 Å². The van der Waals surface area contributed by atoms with E-state index in [1.807, 2.05) is 26.0 Å². The van der Waals surface area contributed by atoms with Crippen molar-refractivity contribution >= 4 is 28.2 Å². The summed E-state index contributed by atoms with van der Waals surface area (Å²) in [6.45, 7) is 27.6. The third kappa shape index (κ3) is 14.2. The van der Waals surface area contributed by atoms with Crippen molar-refractivity contribution in [3.05, 3.63) is 41.5 Å². The number of esters is 1. The molecule has 0 N–H and O–H groups in total. The first-order valence-electron chi connectivity index (χ1n) is 16.6. The minimum absolute atomic E-state index is 0.00153. The van der Waals surface area contributed by atoms with Crippen LogP contribution in [0.1, 0.15) is 63.9 Å². The van der Waals surface area contributed by atoms with Gasteiger partial charge < -0.3 is 28.4 Å². The van der Waals surface area contributed by atoms with Gasteiger partial charge in [0, 0.05) is 35.2 Å². The second-order valence-corrected chi connectivity index (χ2v) is 26.9. The van der Waals surface area contributed by atoms with E-state index in [0.717, 1.165) is 12.1 Å². The predicted octanol–water partition coefficient (Wildman–Crippen LogP) is 9.29. The number of methoxy groups -OCH3 is 1. The van der Waals surface area contributed by atoms with Gasteiger partial charge in [0.1, 0.15) is 17.1 Å². The smallest absolute Gasteiger partial charge is 0.342 e. The molecule has 0 saturated carbocycles. The van der Waals surface area contributed by atoms with Gasteiger partial charge in [0.05, 0.1) is 25.4 Å². The highest BCUT2D eigenvalue weighted by Crippen LogP contribution is 2.36. The minimum Gasteiger partial charge on any atom is -0.494 e. The summed E-state index contributed by atoms with van der Waals surface area (Å²) in [5.74, 6) is 1.19. The molecule has 0 radical (unpaired) electrons. The Morgan fingerprint density at radius 3 is 2.18 bits per heavy atom. The maximum atomic E-state index is 13.6. The number of rotatable bonds is 18. The van der Waals surface area contributed by atoms with Crippen LogP contribution in [0.4, 0.5) is 0 Å². The van der Waals surface area contributed by atoms with Gasteiger partial charge in [0.2, 0.25) is 0 Å². The molecule has 9 heteroatoms. The van der Waals surface area contributed by atoms with Crippen LogP contribution >= 0.6 is 0 Å². The molecule has 7 nitrogen and oxygen atoms in total. The van der Waals surface area contributed by atoms with E-state index in [2.05, 4.69) is 85.2 Å². The van der Waals surface area contributed by atoms with Crippen molar-refractivity contribution in [2.45, 2.75) is 117 Å². The zero-order valence-corrected chi connectivity index (χ0v) is 32.5. The van der Waals surface area contributed by atoms with Gasteiger partial charge in [0.15, 0.2) is 12.6 Å². The summed E-state index contributed by atoms with van der Waals surface area (Å²) in [5.41, 5.74) is 1.05. The van der Waals surface area contributed by atoms with Crippen molar-refractivity contribution in [1.82, 2.24) is 0 Å². The summed E-state index contributed by atoms with van der Waals surface area (Å²) in [6.07, 6.45) is 8.92. The van der Waals surface area contributed by atoms with Crippen molar-refractivity contribution in [2.75, 3.05) is 27.1 Å². The first kappa shape index (κ1) is 39.3. The zero-order chi connectivity index (χ0) is 34.0. The Kier molecular flexibility index (Phi) is 15.1. The van der Waals surface area contributed by atoms with E-state index in [1.54, 1.807) is 13.2 Å². The Labute approximate surface area is 276 Å². The normalized spacial score (nSPS) is 20.2. The molecule has 0 aromatic heterocycles. The van der Waals surface area contributed by atoms with Gasteiger partial charge in [-0.3, -0.25) is 0 Å². The van der Waals surface area contributed by atoms with Crippen LogP contribution in [0.2, 0.25) is 51.4 Å². The molecule has 0 bridgehead atoms. The lowest BCUT2D eigenvalue weighted by molar-refractivity contribution is -0.148. The molecule has 2 rings (SSSR count). The maximum absolute atomic E-state index is 13.6. The number of carbonyl (C=O) groups excluding carboxylic acids is 1. The Morgan fingerprint density at radius 2 is 1.58 bits per heavy atom. The van der Waals surface area contributed by atoms with Crippen LogP contribution in [0, 0.1) is 17.8 Å². The molecule has 1 heterocycles. The van der Waals surface area contributed by atoms with Crippen molar-refractivity contribution in [1.29, 1.82) is 0 Å².